The van der Waals surface area contributed by atoms with Crippen molar-refractivity contribution in [3.8, 4) is 0 Å². The fourth-order valence-electron chi connectivity index (χ4n) is 2.27. The first-order chi connectivity index (χ1) is 10.3. The summed E-state index contributed by atoms with van der Waals surface area (Å²) in [5.41, 5.74) is 5.14. The van der Waals surface area contributed by atoms with Crippen LogP contribution in [0.25, 0.3) is 5.57 Å². The van der Waals surface area contributed by atoms with Gasteiger partial charge in [-0.2, -0.15) is 22.2 Å². The molecule has 1 aliphatic heterocycles. The first kappa shape index (κ1) is 14.1. The number of allylic oxidation sites excluding steroid dienone is 2. The molecule has 3 nitrogen and oxygen atoms in total. The summed E-state index contributed by atoms with van der Waals surface area (Å²) in [6.07, 6.45) is 2.34. The molecule has 1 unspecified atom stereocenters. The van der Waals surface area contributed by atoms with E-state index in [1.165, 1.54) is 11.1 Å². The van der Waals surface area contributed by atoms with Gasteiger partial charge in [0.25, 0.3) is 0 Å². The summed E-state index contributed by atoms with van der Waals surface area (Å²) >= 11 is 1.69. The lowest BCUT2D eigenvalue weighted by molar-refractivity contribution is -0.128. The Labute approximate surface area is 129 Å². The van der Waals surface area contributed by atoms with Crippen LogP contribution in [0.15, 0.2) is 62.9 Å². The van der Waals surface area contributed by atoms with E-state index in [1.807, 2.05) is 18.2 Å². The minimum Gasteiger partial charge on any atom is -0.289 e. The number of carbonyl (C=O) groups is 1. The monoisotopic (exact) mass is 317 g/mol. The summed E-state index contributed by atoms with van der Waals surface area (Å²) < 4.78 is 0. The van der Waals surface area contributed by atoms with Gasteiger partial charge < -0.3 is 0 Å². The zero-order chi connectivity index (χ0) is 14.7. The molecule has 0 bridgehead atoms. The average Bonchev–Trinajstić information content (AvgIpc) is 3.18. The van der Waals surface area contributed by atoms with Crippen LogP contribution in [0.2, 0.25) is 0 Å². The Bertz CT molecular complexity index is 705. The van der Waals surface area contributed by atoms with Gasteiger partial charge in [-0.3, -0.25) is 10.0 Å². The second kappa shape index (κ2) is 6.30. The number of amides is 1. The second-order valence-corrected chi connectivity index (χ2v) is 7.29. The van der Waals surface area contributed by atoms with Crippen LogP contribution < -0.4 is 5.48 Å². The van der Waals surface area contributed by atoms with Crippen molar-refractivity contribution >= 4 is 33.7 Å². The number of hydrogen-bond donors (Lipinski definition) is 3. The van der Waals surface area contributed by atoms with E-state index in [1.54, 1.807) is 16.8 Å². The van der Waals surface area contributed by atoms with E-state index in [-0.39, 0.29) is 12.3 Å². The molecule has 0 aliphatic carbocycles. The predicted octanol–water partition coefficient (Wildman–Crippen LogP) is 3.72. The normalized spacial score (nSPS) is 18.5. The molecule has 1 atom stereocenters. The molecule has 1 aromatic carbocycles. The maximum absolute atomic E-state index is 11.4. The Hall–Kier alpha value is -1.82. The van der Waals surface area contributed by atoms with Crippen molar-refractivity contribution in [1.82, 2.24) is 5.48 Å². The molecule has 1 aliphatic rings. The second-order valence-electron chi connectivity index (χ2n) is 4.66. The topological polar surface area (TPSA) is 49.3 Å². The van der Waals surface area contributed by atoms with E-state index in [9.17, 15) is 4.79 Å². The highest BCUT2D eigenvalue weighted by molar-refractivity contribution is 8.22. The van der Waals surface area contributed by atoms with Gasteiger partial charge in [-0.25, -0.2) is 5.48 Å². The van der Waals surface area contributed by atoms with Crippen molar-refractivity contribution < 1.29 is 10.0 Å². The smallest absolute Gasteiger partial charge is 0.247 e. The largest absolute Gasteiger partial charge is 0.289 e. The molecule has 0 fully saturated rings. The molecule has 2 N–H and O–H groups in total. The highest BCUT2D eigenvalue weighted by Crippen LogP contribution is 2.48. The number of hydrogen-bond acceptors (Lipinski definition) is 3. The predicted molar refractivity (Wildman–Crippen MR) is 88.8 cm³/mol. The van der Waals surface area contributed by atoms with Crippen LogP contribution in [0.4, 0.5) is 0 Å². The molecule has 5 heteroatoms. The number of benzene rings is 1. The third-order valence-electron chi connectivity index (χ3n) is 3.29. The number of carbonyl (C=O) groups excluding carboxylic acids is 1. The van der Waals surface area contributed by atoms with Gasteiger partial charge in [-0.05, 0) is 61.4 Å². The molecule has 0 saturated carbocycles. The SMILES string of the molecule is O=C(Cc1ccccc1[SH]1C=CC(c2ccsc2)=C1)NO. The van der Waals surface area contributed by atoms with E-state index in [4.69, 9.17) is 5.21 Å². The maximum atomic E-state index is 11.4. The summed E-state index contributed by atoms with van der Waals surface area (Å²) in [4.78, 5) is 12.6. The summed E-state index contributed by atoms with van der Waals surface area (Å²) in [7, 11) is -0.540. The lowest BCUT2D eigenvalue weighted by atomic mass is 10.1. The van der Waals surface area contributed by atoms with E-state index in [2.05, 4.69) is 39.8 Å². The van der Waals surface area contributed by atoms with Gasteiger partial charge in [0.05, 0.1) is 6.42 Å². The van der Waals surface area contributed by atoms with Gasteiger partial charge in [0.2, 0.25) is 5.91 Å². The number of thiol groups is 1. The molecule has 0 radical (unpaired) electrons. The third-order valence-corrected chi connectivity index (χ3v) is 6.00. The third kappa shape index (κ3) is 3.10. The first-order valence-corrected chi connectivity index (χ1v) is 8.92. The summed E-state index contributed by atoms with van der Waals surface area (Å²) in [5.74, 6) is -0.386. The van der Waals surface area contributed by atoms with E-state index < -0.39 is 10.9 Å². The molecule has 2 heterocycles. The van der Waals surface area contributed by atoms with Gasteiger partial charge in [0, 0.05) is 0 Å². The zero-order valence-electron chi connectivity index (χ0n) is 11.2. The molecule has 1 amide bonds. The van der Waals surface area contributed by atoms with Crippen LogP contribution in [0.3, 0.4) is 0 Å². The lowest BCUT2D eigenvalue weighted by Crippen LogP contribution is -2.21. The molecule has 0 spiro atoms. The fraction of sp³-hybridized carbons (Fsp3) is 0.0625. The summed E-state index contributed by atoms with van der Waals surface area (Å²) in [6.45, 7) is 0. The van der Waals surface area contributed by atoms with Crippen LogP contribution in [0, 0.1) is 0 Å². The van der Waals surface area contributed by atoms with Crippen LogP contribution in [-0.4, -0.2) is 11.1 Å². The Morgan fingerprint density at radius 3 is 2.90 bits per heavy atom. The van der Waals surface area contributed by atoms with Crippen molar-refractivity contribution in [2.24, 2.45) is 0 Å². The summed E-state index contributed by atoms with van der Waals surface area (Å²) in [5, 5.41) is 17.4. The van der Waals surface area contributed by atoms with Crippen molar-refractivity contribution in [3.05, 3.63) is 69.1 Å². The van der Waals surface area contributed by atoms with Gasteiger partial charge >= 0.3 is 0 Å². The van der Waals surface area contributed by atoms with Crippen LogP contribution >= 0.6 is 22.2 Å². The molecular weight excluding hydrogens is 302 g/mol. The Kier molecular flexibility index (Phi) is 4.24. The van der Waals surface area contributed by atoms with E-state index >= 15 is 0 Å². The van der Waals surface area contributed by atoms with E-state index in [0.29, 0.717) is 0 Å². The van der Waals surface area contributed by atoms with Gasteiger partial charge in [-0.15, -0.1) is 0 Å². The molecule has 1 aromatic heterocycles. The van der Waals surface area contributed by atoms with Gasteiger partial charge in [0.1, 0.15) is 0 Å². The molecule has 0 saturated heterocycles. The van der Waals surface area contributed by atoms with Crippen LogP contribution in [0.5, 0.6) is 0 Å². The zero-order valence-corrected chi connectivity index (χ0v) is 12.9. The van der Waals surface area contributed by atoms with E-state index in [0.717, 1.165) is 10.5 Å². The maximum Gasteiger partial charge on any atom is 0.247 e. The highest BCUT2D eigenvalue weighted by Gasteiger charge is 2.14. The van der Waals surface area contributed by atoms with Crippen molar-refractivity contribution in [3.63, 3.8) is 0 Å². The fourth-order valence-corrected chi connectivity index (χ4v) is 4.92. The number of thiophene rings is 1. The number of rotatable bonds is 4. The van der Waals surface area contributed by atoms with Gasteiger partial charge in [0.15, 0.2) is 0 Å². The lowest BCUT2D eigenvalue weighted by Gasteiger charge is -2.15. The molecule has 21 heavy (non-hydrogen) atoms. The molecular formula is C16H15NO2S2. The minimum absolute atomic E-state index is 0.195. The summed E-state index contributed by atoms with van der Waals surface area (Å²) in [6, 6.07) is 10.0. The van der Waals surface area contributed by atoms with Crippen molar-refractivity contribution in [2.75, 3.05) is 0 Å². The average molecular weight is 317 g/mol. The van der Waals surface area contributed by atoms with Crippen LogP contribution in [-0.2, 0) is 11.2 Å². The molecule has 3 rings (SSSR count). The number of nitrogens with one attached hydrogen (secondary N) is 1. The molecule has 108 valence electrons. The first-order valence-electron chi connectivity index (χ1n) is 6.49. The Morgan fingerprint density at radius 2 is 2.14 bits per heavy atom. The highest BCUT2D eigenvalue weighted by atomic mass is 32.2. The van der Waals surface area contributed by atoms with Crippen LogP contribution in [0.1, 0.15) is 11.1 Å². The van der Waals surface area contributed by atoms with Gasteiger partial charge in [-0.1, -0.05) is 18.2 Å². The van der Waals surface area contributed by atoms with Crippen molar-refractivity contribution in [2.45, 2.75) is 11.3 Å². The quantitative estimate of drug-likeness (QED) is 0.457. The minimum atomic E-state index is -0.540. The molecule has 2 aromatic rings. The Balaban J connectivity index is 1.89. The van der Waals surface area contributed by atoms with Crippen molar-refractivity contribution in [1.29, 1.82) is 0 Å². The Morgan fingerprint density at radius 1 is 1.29 bits per heavy atom. The number of hydroxylamine groups is 1. The standard InChI is InChI=1S/C16H15NO2S2/c18-16(17-19)9-12-3-1-2-4-15(12)21-8-6-14(11-21)13-5-7-20-10-13/h1-8,10-11,19,21H,9H2,(H,17,18).